The Balaban J connectivity index is 1.43. The number of nitrogens with zero attached hydrogens (tertiary/aromatic N) is 1. The molecule has 0 amide bonds. The molecule has 0 aromatic heterocycles. The van der Waals surface area contributed by atoms with Gasteiger partial charge in [-0.25, -0.2) is 4.79 Å². The molecule has 2 fully saturated rings. The molecule has 31 heavy (non-hydrogen) atoms. The van der Waals surface area contributed by atoms with Crippen LogP contribution >= 0.6 is 0 Å². The molecule has 0 radical (unpaired) electrons. The average Bonchev–Trinajstić information content (AvgIpc) is 3.34. The first-order valence-corrected chi connectivity index (χ1v) is 10.2. The van der Waals surface area contributed by atoms with E-state index in [4.69, 9.17) is 14.7 Å². The van der Waals surface area contributed by atoms with Crippen LogP contribution in [0.25, 0.3) is 0 Å². The summed E-state index contributed by atoms with van der Waals surface area (Å²) in [5, 5.41) is 20.8. The first-order chi connectivity index (χ1) is 15.0. The summed E-state index contributed by atoms with van der Waals surface area (Å²) >= 11 is 0. The van der Waals surface area contributed by atoms with Crippen LogP contribution in [0.2, 0.25) is 0 Å². The lowest BCUT2D eigenvalue weighted by Gasteiger charge is -2.22. The fourth-order valence-corrected chi connectivity index (χ4v) is 3.87. The smallest absolute Gasteiger partial charge is 0.335 e. The molecule has 2 heterocycles. The van der Waals surface area contributed by atoms with Crippen molar-refractivity contribution in [3.8, 4) is 11.8 Å². The van der Waals surface area contributed by atoms with E-state index in [1.165, 1.54) is 12.1 Å². The minimum absolute atomic E-state index is 0.167. The largest absolute Gasteiger partial charge is 0.478 e. The third kappa shape index (κ3) is 4.47. The second-order valence-corrected chi connectivity index (χ2v) is 7.69. The van der Waals surface area contributed by atoms with Crippen LogP contribution in [0.15, 0.2) is 48.5 Å². The lowest BCUT2D eigenvalue weighted by atomic mass is 9.93. The van der Waals surface area contributed by atoms with Gasteiger partial charge in [0.1, 0.15) is 12.1 Å². The maximum Gasteiger partial charge on any atom is 0.335 e. The molecule has 7 nitrogen and oxygen atoms in total. The van der Waals surface area contributed by atoms with Gasteiger partial charge < -0.3 is 14.9 Å². The summed E-state index contributed by atoms with van der Waals surface area (Å²) in [6.45, 7) is 2.54. The molecule has 160 valence electrons. The number of aromatic carboxylic acids is 1. The lowest BCUT2D eigenvalue weighted by molar-refractivity contribution is -0.204. The highest BCUT2D eigenvalue weighted by Crippen LogP contribution is 2.36. The molecular formula is C24H23NO6. The number of hydrogen-bond donors (Lipinski definition) is 2. The summed E-state index contributed by atoms with van der Waals surface area (Å²) in [6, 6.07) is 13.5. The van der Waals surface area contributed by atoms with E-state index in [-0.39, 0.29) is 24.1 Å². The first kappa shape index (κ1) is 21.1. The minimum atomic E-state index is -0.968. The number of hydroxylamine groups is 2. The molecule has 2 aromatic carbocycles. The Morgan fingerprint density at radius 3 is 2.32 bits per heavy atom. The summed E-state index contributed by atoms with van der Waals surface area (Å²) in [5.41, 5.74) is 2.71. The van der Waals surface area contributed by atoms with E-state index >= 15 is 0 Å². The number of carboxylic acids is 1. The molecule has 2 aromatic rings. The summed E-state index contributed by atoms with van der Waals surface area (Å²) in [7, 11) is 0. The Hall–Kier alpha value is -3.18. The fraction of sp³-hybridized carbons (Fsp3) is 0.333. The number of cyclic esters (lactones) is 1. The molecule has 2 saturated heterocycles. The zero-order valence-corrected chi connectivity index (χ0v) is 17.0. The Labute approximate surface area is 180 Å². The van der Waals surface area contributed by atoms with E-state index in [9.17, 15) is 14.7 Å². The fourth-order valence-electron chi connectivity index (χ4n) is 3.87. The summed E-state index contributed by atoms with van der Waals surface area (Å²) in [5.74, 6) is 4.62. The predicted octanol–water partition coefficient (Wildman–Crippen LogP) is 2.21. The van der Waals surface area contributed by atoms with Crippen molar-refractivity contribution in [3.05, 3.63) is 70.8 Å². The lowest BCUT2D eigenvalue weighted by Crippen LogP contribution is -2.35. The van der Waals surface area contributed by atoms with Crippen molar-refractivity contribution in [2.24, 2.45) is 5.92 Å². The van der Waals surface area contributed by atoms with Gasteiger partial charge in [0.2, 0.25) is 0 Å². The van der Waals surface area contributed by atoms with Gasteiger partial charge in [-0.15, -0.1) is 0 Å². The van der Waals surface area contributed by atoms with Crippen molar-refractivity contribution < 1.29 is 29.4 Å². The molecule has 0 aliphatic carbocycles. The maximum absolute atomic E-state index is 12.2. The van der Waals surface area contributed by atoms with Crippen molar-refractivity contribution in [1.29, 1.82) is 0 Å². The first-order valence-electron chi connectivity index (χ1n) is 10.2. The van der Waals surface area contributed by atoms with Crippen molar-refractivity contribution in [2.75, 3.05) is 6.61 Å². The predicted molar refractivity (Wildman–Crippen MR) is 111 cm³/mol. The number of carboxylic acid groups (broad SMARTS) is 1. The third-order valence-corrected chi connectivity index (χ3v) is 5.63. The van der Waals surface area contributed by atoms with Crippen molar-refractivity contribution in [2.45, 2.75) is 38.1 Å². The molecule has 4 rings (SSSR count). The molecular weight excluding hydrogens is 398 g/mol. The van der Waals surface area contributed by atoms with Crippen LogP contribution in [0.4, 0.5) is 0 Å². The molecule has 2 aliphatic heterocycles. The summed E-state index contributed by atoms with van der Waals surface area (Å²) in [4.78, 5) is 29.0. The van der Waals surface area contributed by atoms with Crippen LogP contribution in [-0.4, -0.2) is 52.1 Å². The monoisotopic (exact) mass is 421 g/mol. The Bertz CT molecular complexity index is 1020. The molecule has 0 spiro atoms. The van der Waals surface area contributed by atoms with Crippen LogP contribution in [0.3, 0.4) is 0 Å². The standard InChI is InChI=1S/C24H23NO6/c1-2-20(26)22-19-14-30-24(29)21(19)25(31-22)13-17-7-5-15(6-8-17)3-4-16-9-11-18(12-10-16)23(27)28/h5-12,19-22,26H,2,13-14H2,1H3,(H,27,28)/t19?,20-,21?,22?/m0/s1. The molecule has 2 N–H and O–H groups in total. The number of esters is 1. The van der Waals surface area contributed by atoms with Gasteiger partial charge in [-0.2, -0.15) is 5.06 Å². The number of aliphatic hydroxyl groups excluding tert-OH is 1. The maximum atomic E-state index is 12.2. The molecule has 4 atom stereocenters. The number of rotatable bonds is 5. The zero-order valence-electron chi connectivity index (χ0n) is 17.0. The number of aliphatic hydroxyl groups is 1. The summed E-state index contributed by atoms with van der Waals surface area (Å²) in [6.07, 6.45) is -0.546. The Morgan fingerprint density at radius 1 is 1.13 bits per heavy atom. The van der Waals surface area contributed by atoms with Gasteiger partial charge in [-0.3, -0.25) is 9.63 Å². The van der Waals surface area contributed by atoms with Crippen LogP contribution in [0, 0.1) is 17.8 Å². The number of ether oxygens (including phenoxy) is 1. The quantitative estimate of drug-likeness (QED) is 0.564. The minimum Gasteiger partial charge on any atom is -0.478 e. The van der Waals surface area contributed by atoms with E-state index in [1.807, 2.05) is 31.2 Å². The molecule has 7 heteroatoms. The van der Waals surface area contributed by atoms with Gasteiger partial charge in [-0.1, -0.05) is 30.9 Å². The van der Waals surface area contributed by atoms with E-state index in [1.54, 1.807) is 17.2 Å². The summed E-state index contributed by atoms with van der Waals surface area (Å²) < 4.78 is 5.20. The topological polar surface area (TPSA) is 96.3 Å². The highest BCUT2D eigenvalue weighted by molar-refractivity contribution is 5.87. The highest BCUT2D eigenvalue weighted by atomic mass is 16.7. The van der Waals surface area contributed by atoms with Gasteiger partial charge in [0.15, 0.2) is 0 Å². The second-order valence-electron chi connectivity index (χ2n) is 7.69. The highest BCUT2D eigenvalue weighted by Gasteiger charge is 2.54. The second kappa shape index (κ2) is 8.90. The van der Waals surface area contributed by atoms with Crippen molar-refractivity contribution in [3.63, 3.8) is 0 Å². The van der Waals surface area contributed by atoms with Crippen molar-refractivity contribution >= 4 is 11.9 Å². The van der Waals surface area contributed by atoms with Crippen LogP contribution in [0.1, 0.15) is 40.4 Å². The van der Waals surface area contributed by atoms with Gasteiger partial charge in [-0.05, 0) is 48.4 Å². The molecule has 0 bridgehead atoms. The Kier molecular flexibility index (Phi) is 6.05. The van der Waals surface area contributed by atoms with E-state index in [2.05, 4.69) is 11.8 Å². The number of carbonyl (C=O) groups excluding carboxylic acids is 1. The SMILES string of the molecule is CC[C@H](O)C1ON(Cc2ccc(C#Cc3ccc(C(=O)O)cc3)cc2)C2C(=O)OCC12. The van der Waals surface area contributed by atoms with Crippen LogP contribution in [0.5, 0.6) is 0 Å². The van der Waals surface area contributed by atoms with Gasteiger partial charge in [0.05, 0.1) is 30.7 Å². The van der Waals surface area contributed by atoms with E-state index in [0.717, 1.165) is 16.7 Å². The third-order valence-electron chi connectivity index (χ3n) is 5.63. The normalized spacial score (nSPS) is 23.5. The number of fused-ring (bicyclic) bond motifs is 1. The Morgan fingerprint density at radius 2 is 1.74 bits per heavy atom. The molecule has 2 aliphatic rings. The molecule has 0 saturated carbocycles. The van der Waals surface area contributed by atoms with Crippen LogP contribution < -0.4 is 0 Å². The number of carbonyl (C=O) groups is 2. The van der Waals surface area contributed by atoms with Gasteiger partial charge >= 0.3 is 11.9 Å². The molecule has 3 unspecified atom stereocenters. The van der Waals surface area contributed by atoms with Crippen LogP contribution in [-0.2, 0) is 20.9 Å². The van der Waals surface area contributed by atoms with E-state index in [0.29, 0.717) is 13.0 Å². The number of benzene rings is 2. The average molecular weight is 421 g/mol. The van der Waals surface area contributed by atoms with E-state index < -0.39 is 24.2 Å². The zero-order chi connectivity index (χ0) is 22.0. The van der Waals surface area contributed by atoms with Gasteiger partial charge in [0.25, 0.3) is 0 Å². The van der Waals surface area contributed by atoms with Crippen molar-refractivity contribution in [1.82, 2.24) is 5.06 Å². The van der Waals surface area contributed by atoms with Gasteiger partial charge in [0, 0.05) is 11.1 Å². The number of hydrogen-bond acceptors (Lipinski definition) is 6.